The van der Waals surface area contributed by atoms with Crippen LogP contribution >= 0.6 is 0 Å². The topological polar surface area (TPSA) is 23.8 Å². The average Bonchev–Trinajstić information content (AvgIpc) is 2.88. The maximum atomic E-state index is 15.1. The van der Waals surface area contributed by atoms with Crippen molar-refractivity contribution in [2.75, 3.05) is 0 Å². The zero-order valence-corrected chi connectivity index (χ0v) is 20.6. The molecule has 0 atom stereocenters. The van der Waals surface area contributed by atoms with Crippen molar-refractivity contribution < 1.29 is 13.2 Å². The van der Waals surface area contributed by atoms with Crippen LogP contribution in [0.15, 0.2) is 54.6 Å². The summed E-state index contributed by atoms with van der Waals surface area (Å²) in [6, 6.07) is 12.7. The number of rotatable bonds is 6. The highest BCUT2D eigenvalue weighted by Gasteiger charge is 2.20. The van der Waals surface area contributed by atoms with Crippen molar-refractivity contribution in [1.82, 2.24) is 0 Å². The van der Waals surface area contributed by atoms with E-state index in [2.05, 4.69) is 30.9 Å². The molecule has 1 nitrogen and oxygen atoms in total. The number of nitriles is 1. The van der Waals surface area contributed by atoms with Gasteiger partial charge in [0, 0.05) is 10.9 Å². The Kier molecular flexibility index (Phi) is 8.50. The molecule has 0 amide bonds. The number of nitrogens with zero attached hydrogens (tertiary/aromatic N) is 1. The highest BCUT2D eigenvalue weighted by atomic mass is 19.1. The standard InChI is InChI=1S/C32H30F3N/c1-2-3-4-5-22-6-8-23(9-7-22)10-11-24-13-17-28-27(18-24)16-15-26(32(28)35)14-12-25-19-30(33)29(21-36)31(34)20-25/h2-3,13,15-20,22-23H,4-11H2,1H3/b3-2+. The lowest BCUT2D eigenvalue weighted by atomic mass is 9.78. The van der Waals surface area contributed by atoms with Gasteiger partial charge in [-0.25, -0.2) is 13.2 Å². The summed E-state index contributed by atoms with van der Waals surface area (Å²) < 4.78 is 42.7. The lowest BCUT2D eigenvalue weighted by molar-refractivity contribution is 0.254. The van der Waals surface area contributed by atoms with Gasteiger partial charge in [0.2, 0.25) is 0 Å². The molecule has 1 fully saturated rings. The van der Waals surface area contributed by atoms with E-state index in [0.29, 0.717) is 5.39 Å². The van der Waals surface area contributed by atoms with Gasteiger partial charge in [0.15, 0.2) is 0 Å². The molecule has 3 aromatic carbocycles. The molecule has 0 unspecified atom stereocenters. The van der Waals surface area contributed by atoms with Gasteiger partial charge in [0.25, 0.3) is 0 Å². The van der Waals surface area contributed by atoms with Gasteiger partial charge in [-0.1, -0.05) is 73.9 Å². The predicted octanol–water partition coefficient (Wildman–Crippen LogP) is 8.62. The molecule has 0 saturated heterocycles. The Hall–Kier alpha value is -3.50. The minimum atomic E-state index is -0.981. The van der Waals surface area contributed by atoms with E-state index in [1.807, 2.05) is 18.2 Å². The molecular weight excluding hydrogens is 455 g/mol. The highest BCUT2D eigenvalue weighted by Crippen LogP contribution is 2.34. The molecule has 0 aliphatic heterocycles. The Balaban J connectivity index is 1.40. The van der Waals surface area contributed by atoms with Crippen LogP contribution in [0.25, 0.3) is 10.8 Å². The fourth-order valence-corrected chi connectivity index (χ4v) is 5.16. The van der Waals surface area contributed by atoms with Gasteiger partial charge in [-0.15, -0.1) is 0 Å². The van der Waals surface area contributed by atoms with Crippen molar-refractivity contribution in [2.45, 2.75) is 58.3 Å². The minimum absolute atomic E-state index is 0.0469. The van der Waals surface area contributed by atoms with E-state index in [0.717, 1.165) is 42.2 Å². The molecule has 4 heteroatoms. The Morgan fingerprint density at radius 3 is 2.25 bits per heavy atom. The number of halogens is 3. The van der Waals surface area contributed by atoms with Gasteiger partial charge in [0.1, 0.15) is 29.1 Å². The average molecular weight is 486 g/mol. The second-order valence-electron chi connectivity index (χ2n) is 9.73. The van der Waals surface area contributed by atoms with Gasteiger partial charge >= 0.3 is 0 Å². The van der Waals surface area contributed by atoms with Crippen LogP contribution in [0.3, 0.4) is 0 Å². The predicted molar refractivity (Wildman–Crippen MR) is 139 cm³/mol. The van der Waals surface area contributed by atoms with E-state index in [1.165, 1.54) is 50.2 Å². The van der Waals surface area contributed by atoms with Gasteiger partial charge < -0.3 is 0 Å². The van der Waals surface area contributed by atoms with Crippen molar-refractivity contribution in [1.29, 1.82) is 5.26 Å². The Morgan fingerprint density at radius 1 is 0.889 bits per heavy atom. The smallest absolute Gasteiger partial charge is 0.146 e. The third kappa shape index (κ3) is 6.19. The lowest BCUT2D eigenvalue weighted by Crippen LogP contribution is -2.15. The van der Waals surface area contributed by atoms with Crippen LogP contribution in [0.2, 0.25) is 0 Å². The second-order valence-corrected chi connectivity index (χ2v) is 9.73. The molecule has 3 aromatic rings. The molecule has 0 aromatic heterocycles. The third-order valence-electron chi connectivity index (χ3n) is 7.30. The Bertz CT molecular complexity index is 1340. The molecule has 0 spiro atoms. The number of hydrogen-bond donors (Lipinski definition) is 0. The van der Waals surface area contributed by atoms with E-state index in [-0.39, 0.29) is 11.1 Å². The lowest BCUT2D eigenvalue weighted by Gasteiger charge is -2.28. The third-order valence-corrected chi connectivity index (χ3v) is 7.30. The SMILES string of the molecule is C/C=C/CCC1CCC(CCc2ccc3c(F)c(C#Cc4cc(F)c(C#N)c(F)c4)ccc3c2)CC1. The van der Waals surface area contributed by atoms with Gasteiger partial charge in [-0.05, 0) is 73.6 Å². The van der Waals surface area contributed by atoms with Gasteiger partial charge in [-0.3, -0.25) is 0 Å². The van der Waals surface area contributed by atoms with E-state index >= 15 is 4.39 Å². The summed E-state index contributed by atoms with van der Waals surface area (Å²) in [6.07, 6.45) is 14.3. The fourth-order valence-electron chi connectivity index (χ4n) is 5.16. The molecule has 36 heavy (non-hydrogen) atoms. The molecule has 4 rings (SSSR count). The summed E-state index contributed by atoms with van der Waals surface area (Å²) in [5, 5.41) is 10.1. The van der Waals surface area contributed by atoms with Crippen LogP contribution in [0.1, 0.15) is 74.1 Å². The molecular formula is C32H30F3N. The number of hydrogen-bond acceptors (Lipinski definition) is 1. The van der Waals surface area contributed by atoms with Crippen LogP contribution in [-0.4, -0.2) is 0 Å². The van der Waals surface area contributed by atoms with Crippen molar-refractivity contribution >= 4 is 10.8 Å². The number of aryl methyl sites for hydroxylation is 1. The first-order valence-electron chi connectivity index (χ1n) is 12.7. The first kappa shape index (κ1) is 25.6. The molecule has 1 aliphatic rings. The maximum Gasteiger partial charge on any atom is 0.146 e. The summed E-state index contributed by atoms with van der Waals surface area (Å²) in [4.78, 5) is 0. The second kappa shape index (κ2) is 12.0. The quantitative estimate of drug-likeness (QED) is 0.253. The number of benzene rings is 3. The van der Waals surface area contributed by atoms with Crippen LogP contribution in [0.5, 0.6) is 0 Å². The van der Waals surface area contributed by atoms with E-state index < -0.39 is 23.0 Å². The largest absolute Gasteiger partial charge is 0.205 e. The normalized spacial score (nSPS) is 17.6. The zero-order valence-electron chi connectivity index (χ0n) is 20.6. The van der Waals surface area contributed by atoms with Crippen LogP contribution in [0, 0.1) is 52.5 Å². The summed E-state index contributed by atoms with van der Waals surface area (Å²) >= 11 is 0. The molecule has 0 radical (unpaired) electrons. The molecule has 0 heterocycles. The Morgan fingerprint density at radius 2 is 1.58 bits per heavy atom. The van der Waals surface area contributed by atoms with Gasteiger partial charge in [-0.2, -0.15) is 5.26 Å². The van der Waals surface area contributed by atoms with Crippen LogP contribution in [0.4, 0.5) is 13.2 Å². The monoisotopic (exact) mass is 485 g/mol. The highest BCUT2D eigenvalue weighted by molar-refractivity contribution is 5.85. The first-order valence-corrected chi connectivity index (χ1v) is 12.7. The number of allylic oxidation sites excluding steroid dienone is 2. The molecule has 1 saturated carbocycles. The fraction of sp³-hybridized carbons (Fsp3) is 0.344. The van der Waals surface area contributed by atoms with Gasteiger partial charge in [0.05, 0.1) is 5.56 Å². The van der Waals surface area contributed by atoms with Crippen molar-refractivity contribution in [3.05, 3.63) is 94.3 Å². The first-order chi connectivity index (χ1) is 17.5. The Labute approximate surface area is 211 Å². The van der Waals surface area contributed by atoms with Crippen LogP contribution in [-0.2, 0) is 6.42 Å². The molecule has 0 N–H and O–H groups in total. The summed E-state index contributed by atoms with van der Waals surface area (Å²) in [6.45, 7) is 2.08. The zero-order chi connectivity index (χ0) is 25.5. The summed E-state index contributed by atoms with van der Waals surface area (Å²) in [7, 11) is 0. The van der Waals surface area contributed by atoms with E-state index in [9.17, 15) is 8.78 Å². The molecule has 1 aliphatic carbocycles. The van der Waals surface area contributed by atoms with E-state index in [1.54, 1.807) is 12.1 Å². The van der Waals surface area contributed by atoms with Crippen molar-refractivity contribution in [2.24, 2.45) is 11.8 Å². The van der Waals surface area contributed by atoms with Crippen LogP contribution < -0.4 is 0 Å². The number of fused-ring (bicyclic) bond motifs is 1. The van der Waals surface area contributed by atoms with Crippen molar-refractivity contribution in [3.8, 4) is 17.9 Å². The minimum Gasteiger partial charge on any atom is -0.205 e. The van der Waals surface area contributed by atoms with E-state index in [4.69, 9.17) is 5.26 Å². The summed E-state index contributed by atoms with van der Waals surface area (Å²) in [5.41, 5.74) is 0.762. The summed E-state index contributed by atoms with van der Waals surface area (Å²) in [5.74, 6) is 4.50. The molecule has 0 bridgehead atoms. The van der Waals surface area contributed by atoms with Crippen molar-refractivity contribution in [3.63, 3.8) is 0 Å². The maximum absolute atomic E-state index is 15.1. The molecule has 184 valence electrons.